The molecule has 1 aromatic carbocycles. The van der Waals surface area contributed by atoms with Crippen molar-refractivity contribution in [2.24, 2.45) is 0 Å². The fourth-order valence-corrected chi connectivity index (χ4v) is 3.72. The van der Waals surface area contributed by atoms with E-state index < -0.39 is 58.1 Å². The van der Waals surface area contributed by atoms with Crippen LogP contribution in [0.4, 0.5) is 13.2 Å². The Morgan fingerprint density at radius 2 is 1.79 bits per heavy atom. The van der Waals surface area contributed by atoms with Crippen LogP contribution < -0.4 is 15.8 Å². The molecule has 4 rings (SSSR count). The third kappa shape index (κ3) is 4.50. The van der Waals surface area contributed by atoms with Gasteiger partial charge in [0.15, 0.2) is 11.4 Å². The predicted octanol–water partition coefficient (Wildman–Crippen LogP) is 2.63. The molecule has 2 aliphatic rings. The van der Waals surface area contributed by atoms with Gasteiger partial charge < -0.3 is 15.3 Å². The molecule has 182 valence electrons. The summed E-state index contributed by atoms with van der Waals surface area (Å²) < 4.78 is 42.0. The zero-order valence-electron chi connectivity index (χ0n) is 18.9. The zero-order valence-corrected chi connectivity index (χ0v) is 18.9. The third-order valence-electron chi connectivity index (χ3n) is 5.50. The molecule has 34 heavy (non-hydrogen) atoms. The van der Waals surface area contributed by atoms with Crippen LogP contribution in [0.15, 0.2) is 35.3 Å². The number of hydrogen-bond acceptors (Lipinski definition) is 5. The van der Waals surface area contributed by atoms with Crippen LogP contribution >= 0.6 is 0 Å². The molecular formula is C23H25F3N4O4. The molecule has 0 fully saturated rings. The van der Waals surface area contributed by atoms with E-state index in [0.29, 0.717) is 25.1 Å². The van der Waals surface area contributed by atoms with E-state index in [4.69, 9.17) is 0 Å². The second-order valence-corrected chi connectivity index (χ2v) is 7.61. The van der Waals surface area contributed by atoms with Crippen LogP contribution in [0.3, 0.4) is 0 Å². The van der Waals surface area contributed by atoms with Gasteiger partial charge in [-0.15, -0.1) is 0 Å². The summed E-state index contributed by atoms with van der Waals surface area (Å²) in [7, 11) is 0. The number of benzene rings is 1. The first kappa shape index (κ1) is 24.9. The number of aromatic nitrogens is 1. The highest BCUT2D eigenvalue weighted by Crippen LogP contribution is 2.24. The normalized spacial score (nSPS) is 17.7. The molecule has 11 heteroatoms. The van der Waals surface area contributed by atoms with Gasteiger partial charge in [-0.1, -0.05) is 26.0 Å². The molecule has 0 aliphatic carbocycles. The summed E-state index contributed by atoms with van der Waals surface area (Å²) in [6.45, 7) is 5.69. The average molecular weight is 478 g/mol. The highest BCUT2D eigenvalue weighted by atomic mass is 19.1. The van der Waals surface area contributed by atoms with Crippen molar-refractivity contribution in [3.8, 4) is 5.75 Å². The summed E-state index contributed by atoms with van der Waals surface area (Å²) >= 11 is 0. The van der Waals surface area contributed by atoms with E-state index in [1.54, 1.807) is 5.01 Å². The molecule has 0 unspecified atom stereocenters. The van der Waals surface area contributed by atoms with Crippen LogP contribution in [0, 0.1) is 17.5 Å². The fourth-order valence-electron chi connectivity index (χ4n) is 3.72. The number of nitrogens with one attached hydrogen (secondary N) is 1. The van der Waals surface area contributed by atoms with Gasteiger partial charge in [0.25, 0.3) is 11.8 Å². The number of carbonyl (C=O) groups excluding carboxylic acids is 2. The number of aromatic hydroxyl groups is 1. The van der Waals surface area contributed by atoms with Crippen LogP contribution in [-0.4, -0.2) is 45.8 Å². The van der Waals surface area contributed by atoms with Gasteiger partial charge in [0.1, 0.15) is 29.7 Å². The largest absolute Gasteiger partial charge is 0.502 e. The van der Waals surface area contributed by atoms with Crippen molar-refractivity contribution in [3.05, 3.63) is 75.0 Å². The summed E-state index contributed by atoms with van der Waals surface area (Å²) in [6.07, 6.45) is 5.48. The van der Waals surface area contributed by atoms with Crippen molar-refractivity contribution in [2.45, 2.75) is 39.8 Å². The quantitative estimate of drug-likeness (QED) is 0.662. The second kappa shape index (κ2) is 10.0. The Kier molecular flexibility index (Phi) is 7.33. The van der Waals surface area contributed by atoms with Crippen LogP contribution in [-0.2, 0) is 6.54 Å². The zero-order chi connectivity index (χ0) is 25.2. The predicted molar refractivity (Wildman–Crippen MR) is 119 cm³/mol. The maximum Gasteiger partial charge on any atom is 0.278 e. The Balaban J connectivity index is 0.00000158. The van der Waals surface area contributed by atoms with Gasteiger partial charge in [-0.05, 0) is 13.3 Å². The Morgan fingerprint density at radius 3 is 2.44 bits per heavy atom. The fraction of sp³-hybridized carbons (Fsp3) is 0.348. The number of nitrogens with zero attached hydrogens (tertiary/aromatic N) is 3. The lowest BCUT2D eigenvalue weighted by atomic mass is 10.1. The lowest BCUT2D eigenvalue weighted by Gasteiger charge is -2.43. The first-order valence-corrected chi connectivity index (χ1v) is 10.8. The molecule has 8 nitrogen and oxygen atoms in total. The van der Waals surface area contributed by atoms with Gasteiger partial charge in [-0.2, -0.15) is 0 Å². The highest BCUT2D eigenvalue weighted by Gasteiger charge is 2.36. The van der Waals surface area contributed by atoms with Crippen molar-refractivity contribution in [1.29, 1.82) is 0 Å². The summed E-state index contributed by atoms with van der Waals surface area (Å²) in [5.74, 6) is -5.98. The number of rotatable bonds is 3. The van der Waals surface area contributed by atoms with Gasteiger partial charge in [0, 0.05) is 43.0 Å². The molecule has 2 N–H and O–H groups in total. The van der Waals surface area contributed by atoms with E-state index in [9.17, 15) is 32.7 Å². The Hall–Kier alpha value is -3.76. The molecule has 2 amide bonds. The summed E-state index contributed by atoms with van der Waals surface area (Å²) in [6, 6.07) is 0.805. The molecule has 0 radical (unpaired) electrons. The minimum atomic E-state index is -1.19. The Bertz CT molecular complexity index is 1190. The highest BCUT2D eigenvalue weighted by molar-refractivity contribution is 5.99. The molecule has 2 aromatic rings. The average Bonchev–Trinajstić information content (AvgIpc) is 2.78. The number of pyridine rings is 1. The van der Waals surface area contributed by atoms with Gasteiger partial charge in [0.05, 0.1) is 0 Å². The van der Waals surface area contributed by atoms with Crippen LogP contribution in [0.25, 0.3) is 0 Å². The summed E-state index contributed by atoms with van der Waals surface area (Å²) in [5.41, 5.74) is -2.46. The Morgan fingerprint density at radius 1 is 1.15 bits per heavy atom. The molecule has 3 heterocycles. The van der Waals surface area contributed by atoms with E-state index >= 15 is 0 Å². The Labute approximate surface area is 193 Å². The molecule has 0 spiro atoms. The van der Waals surface area contributed by atoms with E-state index in [0.717, 1.165) is 6.20 Å². The van der Waals surface area contributed by atoms with Gasteiger partial charge in [-0.25, -0.2) is 13.2 Å². The van der Waals surface area contributed by atoms with Crippen molar-refractivity contribution < 1.29 is 27.9 Å². The van der Waals surface area contributed by atoms with Crippen LogP contribution in [0.5, 0.6) is 5.75 Å². The standard InChI is InChI=1S/C21H19F3N4O4.C2H6/c1-11-4-2-3-5-26-10-28(11)27-9-14(18(29)19(30)17(27)21(26)32)20(31)25-8-13-15(23)6-12(22)7-16(13)24;1-2/h2-3,6-7,9,11,30H,4-5,8,10H2,1H3,(H,25,31);1-2H3/b3-2-;/t11-;/m0./s1. The number of amides is 2. The maximum atomic E-state index is 13.8. The summed E-state index contributed by atoms with van der Waals surface area (Å²) in [4.78, 5) is 39.5. The lowest BCUT2D eigenvalue weighted by Crippen LogP contribution is -2.58. The number of hydrogen-bond donors (Lipinski definition) is 2. The smallest absolute Gasteiger partial charge is 0.278 e. The minimum Gasteiger partial charge on any atom is -0.502 e. The molecule has 2 aliphatic heterocycles. The SMILES string of the molecule is CC.C[C@H]1C/C=C\CN2CN1n1cc(C(=O)NCc3c(F)cc(F)cc3F)c(=O)c(O)c1C2=O. The second-order valence-electron chi connectivity index (χ2n) is 7.61. The van der Waals surface area contributed by atoms with Crippen LogP contribution in [0.2, 0.25) is 0 Å². The van der Waals surface area contributed by atoms with E-state index in [-0.39, 0.29) is 18.4 Å². The number of halogens is 3. The van der Waals surface area contributed by atoms with Crippen molar-refractivity contribution >= 4 is 11.8 Å². The monoisotopic (exact) mass is 478 g/mol. The van der Waals surface area contributed by atoms with E-state index in [2.05, 4.69) is 5.32 Å². The lowest BCUT2D eigenvalue weighted by molar-refractivity contribution is 0.0694. The first-order valence-electron chi connectivity index (χ1n) is 10.8. The molecular weight excluding hydrogens is 453 g/mol. The van der Waals surface area contributed by atoms with Gasteiger partial charge in [0.2, 0.25) is 5.43 Å². The topological polar surface area (TPSA) is 94.9 Å². The number of fused-ring (bicyclic) bond motifs is 4. The molecule has 2 bridgehead atoms. The van der Waals surface area contributed by atoms with Crippen molar-refractivity contribution in [3.63, 3.8) is 0 Å². The third-order valence-corrected chi connectivity index (χ3v) is 5.50. The van der Waals surface area contributed by atoms with Gasteiger partial charge in [-0.3, -0.25) is 24.1 Å². The minimum absolute atomic E-state index is 0.138. The molecule has 1 atom stereocenters. The molecule has 0 saturated carbocycles. The van der Waals surface area contributed by atoms with Gasteiger partial charge >= 0.3 is 0 Å². The summed E-state index contributed by atoms with van der Waals surface area (Å²) in [5, 5.41) is 14.4. The van der Waals surface area contributed by atoms with E-state index in [1.165, 1.54) is 9.58 Å². The first-order chi connectivity index (χ1) is 16.2. The van der Waals surface area contributed by atoms with Crippen molar-refractivity contribution in [2.75, 3.05) is 18.2 Å². The number of carbonyl (C=O) groups is 2. The van der Waals surface area contributed by atoms with E-state index in [1.807, 2.05) is 32.9 Å². The molecule has 0 saturated heterocycles. The van der Waals surface area contributed by atoms with Crippen molar-refractivity contribution in [1.82, 2.24) is 14.9 Å². The maximum absolute atomic E-state index is 13.8. The molecule has 1 aromatic heterocycles. The van der Waals surface area contributed by atoms with Crippen LogP contribution in [0.1, 0.15) is 53.6 Å².